The number of rotatable bonds is 1. The fourth-order valence-corrected chi connectivity index (χ4v) is 7.79. The number of aromatic nitrogens is 2. The number of para-hydroxylation sites is 1. The van der Waals surface area contributed by atoms with Gasteiger partial charge in [0, 0.05) is 0 Å². The first-order valence-electron chi connectivity index (χ1n) is 10.8. The summed E-state index contributed by atoms with van der Waals surface area (Å²) in [5.74, 6) is 7.48. The Morgan fingerprint density at radius 2 is 1.57 bits per heavy atom. The Morgan fingerprint density at radius 1 is 0.800 bits per heavy atom. The molecule has 0 radical (unpaired) electrons. The molecule has 0 unspecified atom stereocenters. The number of pyridine rings is 2. The minimum absolute atomic E-state index is 1.34. The summed E-state index contributed by atoms with van der Waals surface area (Å²) in [7, 11) is 2.19. The van der Waals surface area contributed by atoms with Crippen molar-refractivity contribution in [2.75, 3.05) is 0 Å². The molecule has 30 heavy (non-hydrogen) atoms. The van der Waals surface area contributed by atoms with Crippen molar-refractivity contribution in [3.8, 4) is 0 Å². The molecule has 0 bridgehead atoms. The predicted octanol–water partition coefficient (Wildman–Crippen LogP) is 5.98. The average Bonchev–Trinajstić information content (AvgIpc) is 3.04. The van der Waals surface area contributed by atoms with Crippen molar-refractivity contribution in [2.24, 2.45) is 7.05 Å². The first-order chi connectivity index (χ1) is 14.3. The number of benzene rings is 3. The molecule has 0 aliphatic heterocycles. The Bertz CT molecular complexity index is 1650. The van der Waals surface area contributed by atoms with Gasteiger partial charge in [-0.25, -0.2) is 0 Å². The third kappa shape index (κ3) is 2.18. The molecule has 0 fully saturated rings. The predicted molar refractivity (Wildman–Crippen MR) is 132 cm³/mol. The van der Waals surface area contributed by atoms with Crippen LogP contribution < -0.4 is 8.96 Å². The second kappa shape index (κ2) is 5.76. The zero-order valence-electron chi connectivity index (χ0n) is 18.6. The molecular formula is C27H27GeN2+. The second-order valence-corrected chi connectivity index (χ2v) is 20.6. The summed E-state index contributed by atoms with van der Waals surface area (Å²) in [6, 6.07) is 18.7. The SMILES string of the molecule is Cc1ccc2c3cccc(C)c3n3c4c[c]([Ge]([CH3])([CH3])[CH3])cc5cc[n+](C)c(c1c23)c54. The molecule has 0 aliphatic carbocycles. The Balaban J connectivity index is 2.09. The van der Waals surface area contributed by atoms with E-state index >= 15 is 0 Å². The van der Waals surface area contributed by atoms with E-state index in [2.05, 4.69) is 102 Å². The van der Waals surface area contributed by atoms with Gasteiger partial charge in [0.05, 0.1) is 0 Å². The van der Waals surface area contributed by atoms with Gasteiger partial charge in [0.1, 0.15) is 0 Å². The topological polar surface area (TPSA) is 8.29 Å². The molecule has 0 amide bonds. The maximum absolute atomic E-state index is 2.58. The summed E-state index contributed by atoms with van der Waals surface area (Å²) in [4.78, 5) is 0. The van der Waals surface area contributed by atoms with E-state index in [4.69, 9.17) is 0 Å². The van der Waals surface area contributed by atoms with E-state index in [1.54, 1.807) is 4.40 Å². The summed E-state index contributed by atoms with van der Waals surface area (Å²) in [5, 5.41) is 6.86. The maximum atomic E-state index is 2.58. The van der Waals surface area contributed by atoms with E-state index in [1.807, 2.05) is 0 Å². The van der Waals surface area contributed by atoms with Crippen molar-refractivity contribution in [1.29, 1.82) is 0 Å². The van der Waals surface area contributed by atoms with Crippen molar-refractivity contribution < 1.29 is 4.57 Å². The van der Waals surface area contributed by atoms with E-state index in [0.29, 0.717) is 0 Å². The van der Waals surface area contributed by atoms with Crippen LogP contribution in [0, 0.1) is 13.8 Å². The zero-order chi connectivity index (χ0) is 20.9. The number of nitrogens with zero attached hydrogens (tertiary/aromatic N) is 2. The molecule has 2 nitrogen and oxygen atoms in total. The molecule has 3 heteroatoms. The van der Waals surface area contributed by atoms with Crippen LogP contribution in [0.15, 0.2) is 54.7 Å². The van der Waals surface area contributed by atoms with Crippen molar-refractivity contribution in [2.45, 2.75) is 31.1 Å². The molecule has 3 aromatic carbocycles. The van der Waals surface area contributed by atoms with Gasteiger partial charge in [-0.1, -0.05) is 0 Å². The molecular weight excluding hydrogens is 425 g/mol. The van der Waals surface area contributed by atoms with E-state index in [9.17, 15) is 0 Å². The molecule has 148 valence electrons. The number of fused-ring (bicyclic) bond motifs is 5. The monoisotopic (exact) mass is 453 g/mol. The first-order valence-corrected chi connectivity index (χ1v) is 18.1. The zero-order valence-corrected chi connectivity index (χ0v) is 20.7. The molecule has 0 saturated heterocycles. The fourth-order valence-electron chi connectivity index (χ4n) is 5.36. The summed E-state index contributed by atoms with van der Waals surface area (Å²) in [5.41, 5.74) is 8.13. The van der Waals surface area contributed by atoms with Gasteiger partial charge in [-0.2, -0.15) is 0 Å². The van der Waals surface area contributed by atoms with Gasteiger partial charge in [-0.05, 0) is 0 Å². The van der Waals surface area contributed by atoms with Crippen LogP contribution in [-0.2, 0) is 7.05 Å². The first kappa shape index (κ1) is 18.2. The van der Waals surface area contributed by atoms with Gasteiger partial charge in [-0.3, -0.25) is 0 Å². The second-order valence-electron chi connectivity index (χ2n) is 9.94. The van der Waals surface area contributed by atoms with Gasteiger partial charge in [0.25, 0.3) is 0 Å². The Hall–Kier alpha value is -2.59. The van der Waals surface area contributed by atoms with Crippen LogP contribution in [0.1, 0.15) is 11.1 Å². The normalized spacial score (nSPS) is 13.0. The van der Waals surface area contributed by atoms with Crippen LogP contribution in [0.5, 0.6) is 0 Å². The van der Waals surface area contributed by atoms with Crippen molar-refractivity contribution in [3.05, 3.63) is 65.9 Å². The molecule has 0 spiro atoms. The quantitative estimate of drug-likeness (QED) is 0.126. The fraction of sp³-hybridized carbons (Fsp3) is 0.222. The standard InChI is InChI=1S/C27H27GeN2/c1-16-10-11-21-20-9-7-8-17(2)25(20)30-22-15-19(28(3,4)5)14-18-12-13-29(6)27(24(18)22)23(16)26(21)30/h7-15H,1-6H3/q+1. The van der Waals surface area contributed by atoms with E-state index in [-0.39, 0.29) is 0 Å². The Kier molecular flexibility index (Phi) is 3.50. The molecule has 6 rings (SSSR count). The molecule has 0 saturated carbocycles. The van der Waals surface area contributed by atoms with E-state index in [1.165, 1.54) is 60.1 Å². The number of hydrogen-bond donors (Lipinski definition) is 0. The third-order valence-electron chi connectivity index (χ3n) is 6.92. The number of hydrogen-bond acceptors (Lipinski definition) is 0. The average molecular weight is 452 g/mol. The molecule has 3 heterocycles. The third-order valence-corrected chi connectivity index (χ3v) is 11.2. The van der Waals surface area contributed by atoms with Crippen molar-refractivity contribution >= 4 is 66.7 Å². The van der Waals surface area contributed by atoms with Crippen LogP contribution in [0.25, 0.3) is 49.0 Å². The van der Waals surface area contributed by atoms with Crippen molar-refractivity contribution in [3.63, 3.8) is 0 Å². The Morgan fingerprint density at radius 3 is 2.33 bits per heavy atom. The van der Waals surface area contributed by atoms with Gasteiger partial charge in [0.2, 0.25) is 0 Å². The van der Waals surface area contributed by atoms with Crippen LogP contribution >= 0.6 is 0 Å². The van der Waals surface area contributed by atoms with E-state index < -0.39 is 13.3 Å². The minimum atomic E-state index is -2.02. The van der Waals surface area contributed by atoms with Gasteiger partial charge >= 0.3 is 180 Å². The summed E-state index contributed by atoms with van der Waals surface area (Å²) in [6.07, 6.45) is 2.24. The molecule has 6 aromatic rings. The molecule has 0 N–H and O–H groups in total. The van der Waals surface area contributed by atoms with Crippen LogP contribution in [0.4, 0.5) is 0 Å². The van der Waals surface area contributed by atoms with Gasteiger partial charge in [0.15, 0.2) is 0 Å². The summed E-state index contributed by atoms with van der Waals surface area (Å²) in [6.45, 7) is 4.51. The van der Waals surface area contributed by atoms with Crippen LogP contribution in [0.2, 0.25) is 17.3 Å². The van der Waals surface area contributed by atoms with Gasteiger partial charge < -0.3 is 0 Å². The molecule has 3 aromatic heterocycles. The summed E-state index contributed by atoms with van der Waals surface area (Å²) < 4.78 is 6.46. The van der Waals surface area contributed by atoms with Crippen LogP contribution in [0.3, 0.4) is 0 Å². The molecule has 0 atom stereocenters. The Labute approximate surface area is 179 Å². The summed E-state index contributed by atoms with van der Waals surface area (Å²) >= 11 is -2.02. The van der Waals surface area contributed by atoms with Crippen LogP contribution in [-0.4, -0.2) is 17.7 Å². The molecule has 0 aliphatic rings. The number of aryl methyl sites for hydroxylation is 3. The van der Waals surface area contributed by atoms with Gasteiger partial charge in [-0.15, -0.1) is 0 Å². The van der Waals surface area contributed by atoms with Crippen molar-refractivity contribution in [1.82, 2.24) is 4.40 Å². The van der Waals surface area contributed by atoms with E-state index in [0.717, 1.165) is 0 Å².